The summed E-state index contributed by atoms with van der Waals surface area (Å²) >= 11 is 0. The van der Waals surface area contributed by atoms with Gasteiger partial charge < -0.3 is 10.4 Å². The van der Waals surface area contributed by atoms with Crippen molar-refractivity contribution in [2.75, 3.05) is 13.2 Å². The molecule has 1 atom stereocenters. The van der Waals surface area contributed by atoms with Crippen LogP contribution in [0.4, 0.5) is 4.39 Å². The molecule has 90 valence electrons. The fraction of sp³-hybridized carbons (Fsp3) is 0.538. The number of nitrogens with one attached hydrogen (secondary N) is 1. The maximum atomic E-state index is 13.7. The van der Waals surface area contributed by atoms with Crippen LogP contribution in [0.1, 0.15) is 32.3 Å². The molecule has 0 bridgehead atoms. The monoisotopic (exact) mass is 225 g/mol. The highest BCUT2D eigenvalue weighted by Crippen LogP contribution is 2.26. The summed E-state index contributed by atoms with van der Waals surface area (Å²) in [4.78, 5) is 0. The van der Waals surface area contributed by atoms with Crippen LogP contribution in [-0.2, 0) is 5.54 Å². The molecule has 1 unspecified atom stereocenters. The molecule has 16 heavy (non-hydrogen) atoms. The highest BCUT2D eigenvalue weighted by Gasteiger charge is 2.31. The van der Waals surface area contributed by atoms with Gasteiger partial charge in [0.1, 0.15) is 5.82 Å². The first-order chi connectivity index (χ1) is 7.70. The Morgan fingerprint density at radius 3 is 2.50 bits per heavy atom. The zero-order valence-electron chi connectivity index (χ0n) is 9.96. The van der Waals surface area contributed by atoms with Crippen molar-refractivity contribution in [1.29, 1.82) is 0 Å². The Hall–Kier alpha value is -0.930. The summed E-state index contributed by atoms with van der Waals surface area (Å²) in [5, 5.41) is 12.8. The normalized spacial score (nSPS) is 14.8. The molecule has 2 N–H and O–H groups in total. The highest BCUT2D eigenvalue weighted by atomic mass is 19.1. The summed E-state index contributed by atoms with van der Waals surface area (Å²) in [6.07, 6.45) is 1.61. The SMILES string of the molecule is CCCNC(CC)(CO)c1ccccc1F. The third-order valence-electron chi connectivity index (χ3n) is 2.98. The van der Waals surface area contributed by atoms with Crippen molar-refractivity contribution < 1.29 is 9.50 Å². The summed E-state index contributed by atoms with van der Waals surface area (Å²) in [6, 6.07) is 6.63. The lowest BCUT2D eigenvalue weighted by atomic mass is 9.87. The Balaban J connectivity index is 3.05. The van der Waals surface area contributed by atoms with Crippen LogP contribution in [0, 0.1) is 5.82 Å². The molecule has 0 saturated heterocycles. The lowest BCUT2D eigenvalue weighted by Crippen LogP contribution is -2.46. The minimum absolute atomic E-state index is 0.0928. The van der Waals surface area contributed by atoms with Crippen LogP contribution < -0.4 is 5.32 Å². The number of benzene rings is 1. The molecule has 0 radical (unpaired) electrons. The van der Waals surface area contributed by atoms with Gasteiger partial charge in [-0.25, -0.2) is 4.39 Å². The summed E-state index contributed by atoms with van der Waals surface area (Å²) in [6.45, 7) is 4.67. The molecule has 0 aliphatic carbocycles. The average molecular weight is 225 g/mol. The van der Waals surface area contributed by atoms with E-state index < -0.39 is 5.54 Å². The molecule has 2 nitrogen and oxygen atoms in total. The molecule has 0 aromatic heterocycles. The van der Waals surface area contributed by atoms with Gasteiger partial charge in [0.2, 0.25) is 0 Å². The second-order valence-corrected chi connectivity index (χ2v) is 4.00. The fourth-order valence-electron chi connectivity index (χ4n) is 1.88. The van der Waals surface area contributed by atoms with E-state index in [9.17, 15) is 9.50 Å². The van der Waals surface area contributed by atoms with Gasteiger partial charge in [-0.15, -0.1) is 0 Å². The predicted octanol–water partition coefficient (Wildman–Crippen LogP) is 2.42. The smallest absolute Gasteiger partial charge is 0.128 e. The van der Waals surface area contributed by atoms with Gasteiger partial charge in [0.05, 0.1) is 12.1 Å². The molecule has 0 amide bonds. The van der Waals surface area contributed by atoms with E-state index in [1.165, 1.54) is 6.07 Å². The second-order valence-electron chi connectivity index (χ2n) is 4.00. The van der Waals surface area contributed by atoms with Gasteiger partial charge in [-0.3, -0.25) is 0 Å². The van der Waals surface area contributed by atoms with Gasteiger partial charge in [-0.05, 0) is 25.5 Å². The summed E-state index contributed by atoms with van der Waals surface area (Å²) < 4.78 is 13.7. The highest BCUT2D eigenvalue weighted by molar-refractivity contribution is 5.26. The van der Waals surface area contributed by atoms with Crippen molar-refractivity contribution in [1.82, 2.24) is 5.32 Å². The topological polar surface area (TPSA) is 32.3 Å². The minimum Gasteiger partial charge on any atom is -0.394 e. The number of rotatable bonds is 6. The minimum atomic E-state index is -0.651. The molecule has 0 saturated carbocycles. The molecule has 1 aromatic carbocycles. The van der Waals surface area contributed by atoms with Gasteiger partial charge in [0, 0.05) is 5.56 Å². The molecule has 3 heteroatoms. The van der Waals surface area contributed by atoms with E-state index in [1.807, 2.05) is 13.8 Å². The first kappa shape index (κ1) is 13.1. The van der Waals surface area contributed by atoms with Crippen LogP contribution in [0.3, 0.4) is 0 Å². The molecule has 0 aliphatic rings. The lowest BCUT2D eigenvalue weighted by molar-refractivity contribution is 0.152. The Kier molecular flexibility index (Phi) is 4.90. The van der Waals surface area contributed by atoms with Gasteiger partial charge in [0.25, 0.3) is 0 Å². The fourth-order valence-corrected chi connectivity index (χ4v) is 1.88. The van der Waals surface area contributed by atoms with Crippen LogP contribution in [0.15, 0.2) is 24.3 Å². The van der Waals surface area contributed by atoms with Crippen molar-refractivity contribution in [2.24, 2.45) is 0 Å². The second kappa shape index (κ2) is 5.97. The van der Waals surface area contributed by atoms with Crippen LogP contribution in [0.2, 0.25) is 0 Å². The van der Waals surface area contributed by atoms with E-state index in [0.29, 0.717) is 12.0 Å². The standard InChI is InChI=1S/C13H20FNO/c1-3-9-15-13(4-2,10-16)11-7-5-6-8-12(11)14/h5-8,15-16H,3-4,9-10H2,1-2H3. The van der Waals surface area contributed by atoms with Gasteiger partial charge in [-0.2, -0.15) is 0 Å². The predicted molar refractivity (Wildman–Crippen MR) is 63.7 cm³/mol. The average Bonchev–Trinajstić information content (AvgIpc) is 2.33. The van der Waals surface area contributed by atoms with E-state index in [1.54, 1.807) is 18.2 Å². The molecule has 0 aliphatic heterocycles. The molecular formula is C13H20FNO. The molecule has 1 rings (SSSR count). The third-order valence-corrected chi connectivity index (χ3v) is 2.98. The van der Waals surface area contributed by atoms with Crippen molar-refractivity contribution >= 4 is 0 Å². The van der Waals surface area contributed by atoms with E-state index in [-0.39, 0.29) is 12.4 Å². The molecular weight excluding hydrogens is 205 g/mol. The quantitative estimate of drug-likeness (QED) is 0.779. The summed E-state index contributed by atoms with van der Waals surface area (Å²) in [7, 11) is 0. The number of hydrogen-bond acceptors (Lipinski definition) is 2. The first-order valence-corrected chi connectivity index (χ1v) is 5.81. The Morgan fingerprint density at radius 2 is 2.00 bits per heavy atom. The Bertz CT molecular complexity index is 323. The van der Waals surface area contributed by atoms with E-state index in [4.69, 9.17) is 0 Å². The van der Waals surface area contributed by atoms with Crippen LogP contribution in [0.5, 0.6) is 0 Å². The van der Waals surface area contributed by atoms with Gasteiger partial charge in [-0.1, -0.05) is 32.0 Å². The van der Waals surface area contributed by atoms with Crippen LogP contribution >= 0.6 is 0 Å². The first-order valence-electron chi connectivity index (χ1n) is 5.81. The molecule has 0 spiro atoms. The number of hydrogen-bond donors (Lipinski definition) is 2. The number of aliphatic hydroxyl groups excluding tert-OH is 1. The number of halogens is 1. The van der Waals surface area contributed by atoms with E-state index in [0.717, 1.165) is 13.0 Å². The zero-order valence-corrected chi connectivity index (χ0v) is 9.96. The molecule has 0 fully saturated rings. The largest absolute Gasteiger partial charge is 0.394 e. The van der Waals surface area contributed by atoms with Gasteiger partial charge in [0.15, 0.2) is 0 Å². The van der Waals surface area contributed by atoms with E-state index in [2.05, 4.69) is 5.32 Å². The van der Waals surface area contributed by atoms with Crippen LogP contribution in [-0.4, -0.2) is 18.3 Å². The van der Waals surface area contributed by atoms with Crippen molar-refractivity contribution in [2.45, 2.75) is 32.2 Å². The van der Waals surface area contributed by atoms with Crippen molar-refractivity contribution in [3.05, 3.63) is 35.6 Å². The maximum absolute atomic E-state index is 13.7. The van der Waals surface area contributed by atoms with Crippen LogP contribution in [0.25, 0.3) is 0 Å². The third kappa shape index (κ3) is 2.60. The number of aliphatic hydroxyl groups is 1. The molecule has 0 heterocycles. The summed E-state index contributed by atoms with van der Waals surface area (Å²) in [5.74, 6) is -0.262. The van der Waals surface area contributed by atoms with E-state index >= 15 is 0 Å². The Labute approximate surface area is 96.5 Å². The maximum Gasteiger partial charge on any atom is 0.128 e. The van der Waals surface area contributed by atoms with Crippen molar-refractivity contribution in [3.8, 4) is 0 Å². The molecule has 1 aromatic rings. The van der Waals surface area contributed by atoms with Gasteiger partial charge >= 0.3 is 0 Å². The zero-order chi connectivity index (χ0) is 12.0. The lowest BCUT2D eigenvalue weighted by Gasteiger charge is -2.33. The summed E-state index contributed by atoms with van der Waals surface area (Å²) in [5.41, 5.74) is -0.102. The Morgan fingerprint density at radius 1 is 1.31 bits per heavy atom. The van der Waals surface area contributed by atoms with Crippen molar-refractivity contribution in [3.63, 3.8) is 0 Å².